The first-order valence-electron chi connectivity index (χ1n) is 12.5. The van der Waals surface area contributed by atoms with Crippen LogP contribution in [0.1, 0.15) is 29.8 Å². The normalized spacial score (nSPS) is 18.9. The second kappa shape index (κ2) is 12.2. The number of aliphatic hydroxyl groups is 1. The highest BCUT2D eigenvalue weighted by molar-refractivity contribution is 7.91. The van der Waals surface area contributed by atoms with Gasteiger partial charge in [0.25, 0.3) is 15.9 Å². The van der Waals surface area contributed by atoms with Crippen molar-refractivity contribution < 1.29 is 27.9 Å². The van der Waals surface area contributed by atoms with Gasteiger partial charge in [-0.25, -0.2) is 8.42 Å². The van der Waals surface area contributed by atoms with Crippen LogP contribution in [0.2, 0.25) is 0 Å². The summed E-state index contributed by atoms with van der Waals surface area (Å²) in [6.07, 6.45) is 2.44. The van der Waals surface area contributed by atoms with E-state index in [4.69, 9.17) is 4.74 Å². The van der Waals surface area contributed by atoms with E-state index >= 15 is 0 Å². The standard InChI is InChI=1S/C27H32N4O6S2/c1-18-15-31(19(2)17-32)25(33)14-21-13-22(29-27(34)20-8-10-28-11-9-20)6-7-23(21)37-24(18)16-30(3)39(35,36)26-5-4-12-38-26/h4-13,18-19,24,32H,14-17H2,1-3H3,(H,29,34)/t18-,19-,24+/m1/s1. The number of thiophene rings is 1. The van der Waals surface area contributed by atoms with Crippen molar-refractivity contribution in [3.8, 4) is 5.75 Å². The molecule has 0 unspecified atom stereocenters. The molecule has 0 saturated carbocycles. The van der Waals surface area contributed by atoms with E-state index < -0.39 is 22.2 Å². The second-order valence-corrected chi connectivity index (χ2v) is 12.8. The van der Waals surface area contributed by atoms with E-state index in [9.17, 15) is 23.1 Å². The van der Waals surface area contributed by atoms with Crippen LogP contribution in [0.5, 0.6) is 5.75 Å². The van der Waals surface area contributed by atoms with E-state index in [1.165, 1.54) is 23.7 Å². The Morgan fingerprint density at radius 2 is 2.03 bits per heavy atom. The molecule has 1 aliphatic rings. The van der Waals surface area contributed by atoms with Crippen LogP contribution in [-0.2, 0) is 21.2 Å². The second-order valence-electron chi connectivity index (χ2n) is 9.62. The number of aliphatic hydroxyl groups excluding tert-OH is 1. The van der Waals surface area contributed by atoms with Gasteiger partial charge in [0, 0.05) is 48.7 Å². The number of rotatable bonds is 8. The van der Waals surface area contributed by atoms with Gasteiger partial charge in [0.2, 0.25) is 5.91 Å². The van der Waals surface area contributed by atoms with E-state index in [0.717, 1.165) is 11.3 Å². The Hall–Kier alpha value is -3.32. The van der Waals surface area contributed by atoms with Crippen LogP contribution in [-0.4, -0.2) is 78.4 Å². The van der Waals surface area contributed by atoms with Gasteiger partial charge >= 0.3 is 0 Å². The van der Waals surface area contributed by atoms with Crippen LogP contribution >= 0.6 is 11.3 Å². The van der Waals surface area contributed by atoms with Crippen molar-refractivity contribution in [2.75, 3.05) is 32.1 Å². The summed E-state index contributed by atoms with van der Waals surface area (Å²) < 4.78 is 34.1. The Labute approximate surface area is 232 Å². The molecule has 12 heteroatoms. The number of fused-ring (bicyclic) bond motifs is 1. The van der Waals surface area contributed by atoms with Crippen molar-refractivity contribution >= 4 is 38.9 Å². The third-order valence-electron chi connectivity index (χ3n) is 6.71. The molecule has 3 heterocycles. The molecule has 3 atom stereocenters. The van der Waals surface area contributed by atoms with Gasteiger partial charge < -0.3 is 20.1 Å². The van der Waals surface area contributed by atoms with Crippen molar-refractivity contribution in [3.05, 3.63) is 71.4 Å². The van der Waals surface area contributed by atoms with Crippen LogP contribution in [0, 0.1) is 5.92 Å². The molecule has 39 heavy (non-hydrogen) atoms. The zero-order valence-corrected chi connectivity index (χ0v) is 23.6. The quantitative estimate of drug-likeness (QED) is 0.425. The van der Waals surface area contributed by atoms with Crippen molar-refractivity contribution in [3.63, 3.8) is 0 Å². The first-order chi connectivity index (χ1) is 18.6. The van der Waals surface area contributed by atoms with Crippen molar-refractivity contribution in [2.24, 2.45) is 5.92 Å². The largest absolute Gasteiger partial charge is 0.488 e. The number of nitrogens with one attached hydrogen (secondary N) is 1. The van der Waals surface area contributed by atoms with Crippen molar-refractivity contribution in [1.29, 1.82) is 0 Å². The highest BCUT2D eigenvalue weighted by Gasteiger charge is 2.33. The molecule has 2 N–H and O–H groups in total. The minimum Gasteiger partial charge on any atom is -0.488 e. The van der Waals surface area contributed by atoms with E-state index in [0.29, 0.717) is 22.6 Å². The summed E-state index contributed by atoms with van der Waals surface area (Å²) >= 11 is 1.14. The molecule has 0 bridgehead atoms. The average Bonchev–Trinajstić information content (AvgIpc) is 3.49. The number of carbonyl (C=O) groups is 2. The molecule has 2 amide bonds. The number of nitrogens with zero attached hydrogens (tertiary/aromatic N) is 3. The number of amides is 2. The maximum absolute atomic E-state index is 13.4. The molecule has 10 nitrogen and oxygen atoms in total. The van der Waals surface area contributed by atoms with Gasteiger partial charge in [-0.05, 0) is 48.7 Å². The molecule has 0 radical (unpaired) electrons. The lowest BCUT2D eigenvalue weighted by Gasteiger charge is -2.33. The molecule has 1 aromatic carbocycles. The monoisotopic (exact) mass is 572 g/mol. The Bertz CT molecular complexity index is 1400. The van der Waals surface area contributed by atoms with Crippen LogP contribution in [0.25, 0.3) is 0 Å². The summed E-state index contributed by atoms with van der Waals surface area (Å²) in [7, 11) is -2.21. The number of likely N-dealkylation sites (N-methyl/N-ethyl adjacent to an activating group) is 1. The number of pyridine rings is 1. The fraction of sp³-hybridized carbons (Fsp3) is 0.370. The summed E-state index contributed by atoms with van der Waals surface area (Å²) in [6, 6.07) is 11.1. The Kier molecular flexibility index (Phi) is 9.01. The zero-order valence-electron chi connectivity index (χ0n) is 22.0. The summed E-state index contributed by atoms with van der Waals surface area (Å²) in [5.41, 5.74) is 1.47. The highest BCUT2D eigenvalue weighted by atomic mass is 32.2. The van der Waals surface area contributed by atoms with Crippen LogP contribution in [0.15, 0.2) is 64.4 Å². The van der Waals surface area contributed by atoms with Crippen molar-refractivity contribution in [1.82, 2.24) is 14.2 Å². The minimum atomic E-state index is -3.72. The van der Waals surface area contributed by atoms with Gasteiger partial charge in [0.15, 0.2) is 0 Å². The molecule has 0 spiro atoms. The third kappa shape index (κ3) is 6.64. The summed E-state index contributed by atoms with van der Waals surface area (Å²) in [5, 5.41) is 14.4. The lowest BCUT2D eigenvalue weighted by molar-refractivity contribution is -0.134. The molecule has 208 valence electrons. The summed E-state index contributed by atoms with van der Waals surface area (Å²) in [5.74, 6) is -0.357. The molecule has 2 aromatic heterocycles. The number of aromatic nitrogens is 1. The fourth-order valence-electron chi connectivity index (χ4n) is 4.35. The number of benzene rings is 1. The van der Waals surface area contributed by atoms with E-state index in [1.54, 1.807) is 59.7 Å². The summed E-state index contributed by atoms with van der Waals surface area (Å²) in [4.78, 5) is 31.6. The molecule has 4 rings (SSSR count). The van der Waals surface area contributed by atoms with Crippen LogP contribution in [0.3, 0.4) is 0 Å². The van der Waals surface area contributed by atoms with E-state index in [2.05, 4.69) is 10.3 Å². The Balaban J connectivity index is 1.65. The number of hydrogen-bond donors (Lipinski definition) is 2. The lowest BCUT2D eigenvalue weighted by atomic mass is 10.0. The molecule has 3 aromatic rings. The maximum atomic E-state index is 13.4. The third-order valence-corrected chi connectivity index (χ3v) is 9.91. The van der Waals surface area contributed by atoms with Crippen LogP contribution in [0.4, 0.5) is 5.69 Å². The van der Waals surface area contributed by atoms with Gasteiger partial charge in [0.1, 0.15) is 16.1 Å². The molecule has 0 fully saturated rings. The molecule has 0 aliphatic carbocycles. The van der Waals surface area contributed by atoms with Gasteiger partial charge in [-0.15, -0.1) is 11.3 Å². The number of anilines is 1. The van der Waals surface area contributed by atoms with Gasteiger partial charge in [-0.3, -0.25) is 14.6 Å². The fourth-order valence-corrected chi connectivity index (χ4v) is 6.73. The average molecular weight is 573 g/mol. The number of hydrogen-bond acceptors (Lipinski definition) is 8. The number of ether oxygens (including phenoxy) is 1. The maximum Gasteiger partial charge on any atom is 0.255 e. The number of carbonyl (C=O) groups excluding carboxylic acids is 2. The Morgan fingerprint density at radius 1 is 1.28 bits per heavy atom. The first-order valence-corrected chi connectivity index (χ1v) is 14.8. The van der Waals surface area contributed by atoms with Crippen molar-refractivity contribution in [2.45, 2.75) is 36.6 Å². The first kappa shape index (κ1) is 28.7. The van der Waals surface area contributed by atoms with E-state index in [-0.39, 0.29) is 48.1 Å². The molecule has 1 aliphatic heterocycles. The predicted molar refractivity (Wildman–Crippen MR) is 148 cm³/mol. The smallest absolute Gasteiger partial charge is 0.255 e. The van der Waals surface area contributed by atoms with Crippen LogP contribution < -0.4 is 10.1 Å². The molecule has 0 saturated heterocycles. The number of sulfonamides is 1. The summed E-state index contributed by atoms with van der Waals surface area (Å²) in [6.45, 7) is 3.77. The van der Waals surface area contributed by atoms with Gasteiger partial charge in [0.05, 0.1) is 25.6 Å². The Morgan fingerprint density at radius 3 is 2.69 bits per heavy atom. The highest BCUT2D eigenvalue weighted by Crippen LogP contribution is 2.30. The topological polar surface area (TPSA) is 129 Å². The van der Waals surface area contributed by atoms with Gasteiger partial charge in [-0.1, -0.05) is 13.0 Å². The SMILES string of the molecule is C[C@@H]1CN([C@H](C)CO)C(=O)Cc2cc(NC(=O)c3ccncc3)ccc2O[C@H]1CN(C)S(=O)(=O)c1cccs1. The minimum absolute atomic E-state index is 0.0125. The molecular weight excluding hydrogens is 540 g/mol. The van der Waals surface area contributed by atoms with E-state index in [1.807, 2.05) is 6.92 Å². The van der Waals surface area contributed by atoms with Gasteiger partial charge in [-0.2, -0.15) is 4.31 Å². The zero-order chi connectivity index (χ0) is 28.2. The molecular formula is C27H32N4O6S2. The lowest BCUT2D eigenvalue weighted by Crippen LogP contribution is -2.48. The predicted octanol–water partition coefficient (Wildman–Crippen LogP) is 2.87.